The number of benzene rings is 2. The maximum atomic E-state index is 12.5. The molecular weight excluding hydrogens is 329 g/mol. The molecule has 128 valence electrons. The van der Waals surface area contributed by atoms with Crippen LogP contribution in [-0.2, 0) is 6.18 Å². The first-order valence-corrected chi connectivity index (χ1v) is 6.72. The van der Waals surface area contributed by atoms with Crippen molar-refractivity contribution in [1.82, 2.24) is 0 Å². The molecular formula is C15H13F3N2O4. The number of aliphatic hydroxyl groups excluding tert-OH is 1. The fourth-order valence-corrected chi connectivity index (χ4v) is 1.97. The number of aliphatic hydroxyl groups is 1. The Hall–Kier alpha value is -2.65. The maximum Gasteiger partial charge on any atom is 0.416 e. The summed E-state index contributed by atoms with van der Waals surface area (Å²) in [4.78, 5) is 10.2. The van der Waals surface area contributed by atoms with E-state index in [0.717, 1.165) is 30.3 Å². The molecule has 0 radical (unpaired) electrons. The lowest BCUT2D eigenvalue weighted by atomic mass is 10.1. The fourth-order valence-electron chi connectivity index (χ4n) is 1.97. The van der Waals surface area contributed by atoms with E-state index in [2.05, 4.69) is 0 Å². The molecule has 0 spiro atoms. The van der Waals surface area contributed by atoms with Crippen molar-refractivity contribution in [3.05, 3.63) is 63.7 Å². The number of nitro benzene ring substituents is 1. The quantitative estimate of drug-likeness (QED) is 0.641. The third-order valence-electron chi connectivity index (χ3n) is 3.21. The van der Waals surface area contributed by atoms with Gasteiger partial charge in [-0.3, -0.25) is 10.1 Å². The molecule has 9 heteroatoms. The molecule has 2 rings (SSSR count). The smallest absolute Gasteiger partial charge is 0.416 e. The molecule has 0 fully saturated rings. The molecule has 0 amide bonds. The second-order valence-electron chi connectivity index (χ2n) is 4.89. The highest BCUT2D eigenvalue weighted by molar-refractivity contribution is 5.47. The Bertz CT molecular complexity index is 732. The molecule has 0 aliphatic heterocycles. The van der Waals surface area contributed by atoms with Gasteiger partial charge in [0.05, 0.1) is 23.1 Å². The average Bonchev–Trinajstić information content (AvgIpc) is 2.54. The topological polar surface area (TPSA) is 98.6 Å². The van der Waals surface area contributed by atoms with Crippen LogP contribution in [0.25, 0.3) is 0 Å². The molecule has 0 bridgehead atoms. The van der Waals surface area contributed by atoms with Crippen LogP contribution in [0.15, 0.2) is 42.5 Å². The van der Waals surface area contributed by atoms with E-state index in [4.69, 9.17) is 15.6 Å². The number of non-ortho nitro benzene ring substituents is 1. The largest absolute Gasteiger partial charge is 0.457 e. The van der Waals surface area contributed by atoms with Crippen molar-refractivity contribution >= 4 is 5.69 Å². The summed E-state index contributed by atoms with van der Waals surface area (Å²) in [7, 11) is 0. The van der Waals surface area contributed by atoms with E-state index in [1.807, 2.05) is 0 Å². The van der Waals surface area contributed by atoms with Gasteiger partial charge in [-0.2, -0.15) is 13.2 Å². The van der Waals surface area contributed by atoms with Gasteiger partial charge in [-0.1, -0.05) is 0 Å². The molecule has 3 N–H and O–H groups in total. The van der Waals surface area contributed by atoms with Crippen LogP contribution < -0.4 is 10.5 Å². The Morgan fingerprint density at radius 1 is 1.21 bits per heavy atom. The molecule has 2 aromatic carbocycles. The Balaban J connectivity index is 2.33. The Morgan fingerprint density at radius 2 is 1.83 bits per heavy atom. The zero-order valence-corrected chi connectivity index (χ0v) is 12.2. The van der Waals surface area contributed by atoms with Gasteiger partial charge in [-0.15, -0.1) is 0 Å². The zero-order chi connectivity index (χ0) is 17.9. The standard InChI is InChI=1S/C15H13F3N2O4/c16-15(17,18)9-1-4-11(5-2-9)24-14-6-3-10(20(22)23)7-12(14)13(19)8-21/h1-7,13,21H,8,19H2/t13-/m1/s1. The molecule has 0 heterocycles. The lowest BCUT2D eigenvalue weighted by Gasteiger charge is -2.15. The highest BCUT2D eigenvalue weighted by atomic mass is 19.4. The van der Waals surface area contributed by atoms with Crippen LogP contribution in [0.2, 0.25) is 0 Å². The van der Waals surface area contributed by atoms with Crippen molar-refractivity contribution in [2.45, 2.75) is 12.2 Å². The summed E-state index contributed by atoms with van der Waals surface area (Å²) in [6.07, 6.45) is -4.46. The Labute approximate surface area is 134 Å². The van der Waals surface area contributed by atoms with Gasteiger partial charge in [0.15, 0.2) is 0 Å². The van der Waals surface area contributed by atoms with Crippen LogP contribution in [0, 0.1) is 10.1 Å². The zero-order valence-electron chi connectivity index (χ0n) is 12.2. The van der Waals surface area contributed by atoms with E-state index in [1.165, 1.54) is 12.1 Å². The lowest BCUT2D eigenvalue weighted by molar-refractivity contribution is -0.385. The first kappa shape index (κ1) is 17.7. The number of nitro groups is 1. The minimum absolute atomic E-state index is 0.100. The first-order valence-electron chi connectivity index (χ1n) is 6.72. The van der Waals surface area contributed by atoms with Gasteiger partial charge in [0, 0.05) is 17.7 Å². The molecule has 0 aliphatic carbocycles. The molecule has 0 unspecified atom stereocenters. The van der Waals surface area contributed by atoms with Crippen LogP contribution in [0.1, 0.15) is 17.2 Å². The van der Waals surface area contributed by atoms with Crippen molar-refractivity contribution in [3.63, 3.8) is 0 Å². The maximum absolute atomic E-state index is 12.5. The van der Waals surface area contributed by atoms with Crippen molar-refractivity contribution in [1.29, 1.82) is 0 Å². The SMILES string of the molecule is N[C@H](CO)c1cc([N+](=O)[O-])ccc1Oc1ccc(C(F)(F)F)cc1. The number of nitrogens with two attached hydrogens (primary N) is 1. The molecule has 0 saturated heterocycles. The predicted octanol–water partition coefficient (Wildman–Crippen LogP) is 3.40. The van der Waals surface area contributed by atoms with Crippen LogP contribution in [0.3, 0.4) is 0 Å². The van der Waals surface area contributed by atoms with E-state index in [1.54, 1.807) is 0 Å². The molecule has 0 saturated carbocycles. The minimum atomic E-state index is -4.46. The summed E-state index contributed by atoms with van der Waals surface area (Å²) in [5, 5.41) is 20.0. The van der Waals surface area contributed by atoms with Crippen molar-refractivity contribution < 1.29 is 27.9 Å². The number of hydrogen-bond donors (Lipinski definition) is 2. The van der Waals surface area contributed by atoms with Crippen LogP contribution in [-0.4, -0.2) is 16.6 Å². The van der Waals surface area contributed by atoms with Crippen LogP contribution in [0.5, 0.6) is 11.5 Å². The summed E-state index contributed by atoms with van der Waals surface area (Å²) in [5.41, 5.74) is 4.80. The monoisotopic (exact) mass is 342 g/mol. The molecule has 0 aliphatic rings. The predicted molar refractivity (Wildman–Crippen MR) is 78.6 cm³/mol. The Kier molecular flexibility index (Phi) is 5.05. The third-order valence-corrected chi connectivity index (χ3v) is 3.21. The number of ether oxygens (including phenoxy) is 1. The third kappa shape index (κ3) is 4.00. The summed E-state index contributed by atoms with van der Waals surface area (Å²) in [6.45, 7) is -0.482. The van der Waals surface area contributed by atoms with Gasteiger partial charge in [0.1, 0.15) is 11.5 Å². The van der Waals surface area contributed by atoms with Crippen LogP contribution in [0.4, 0.5) is 18.9 Å². The number of halogens is 3. The van der Waals surface area contributed by atoms with Crippen molar-refractivity contribution in [2.75, 3.05) is 6.61 Å². The van der Waals surface area contributed by atoms with Crippen molar-refractivity contribution in [2.24, 2.45) is 5.73 Å². The van der Waals surface area contributed by atoms with E-state index in [9.17, 15) is 23.3 Å². The summed E-state index contributed by atoms with van der Waals surface area (Å²) >= 11 is 0. The highest BCUT2D eigenvalue weighted by Crippen LogP contribution is 2.34. The van der Waals surface area contributed by atoms with E-state index >= 15 is 0 Å². The fraction of sp³-hybridized carbons (Fsp3) is 0.200. The molecule has 2 aromatic rings. The van der Waals surface area contributed by atoms with Gasteiger partial charge >= 0.3 is 6.18 Å². The number of rotatable bonds is 5. The van der Waals surface area contributed by atoms with Gasteiger partial charge in [0.2, 0.25) is 0 Å². The minimum Gasteiger partial charge on any atom is -0.457 e. The lowest BCUT2D eigenvalue weighted by Crippen LogP contribution is -2.15. The number of hydrogen-bond acceptors (Lipinski definition) is 5. The normalized spacial score (nSPS) is 12.7. The number of alkyl halides is 3. The molecule has 1 atom stereocenters. The van der Waals surface area contributed by atoms with E-state index in [-0.39, 0.29) is 22.7 Å². The first-order chi connectivity index (χ1) is 11.2. The van der Waals surface area contributed by atoms with E-state index < -0.39 is 29.3 Å². The highest BCUT2D eigenvalue weighted by Gasteiger charge is 2.30. The summed E-state index contributed by atoms with van der Waals surface area (Å²) in [5.74, 6) is 0.213. The van der Waals surface area contributed by atoms with E-state index in [0.29, 0.717) is 0 Å². The van der Waals surface area contributed by atoms with Gasteiger partial charge in [-0.25, -0.2) is 0 Å². The van der Waals surface area contributed by atoms with Gasteiger partial charge in [0.25, 0.3) is 5.69 Å². The molecule has 0 aromatic heterocycles. The average molecular weight is 342 g/mol. The second-order valence-corrected chi connectivity index (χ2v) is 4.89. The van der Waals surface area contributed by atoms with Crippen LogP contribution >= 0.6 is 0 Å². The van der Waals surface area contributed by atoms with Gasteiger partial charge < -0.3 is 15.6 Å². The summed E-state index contributed by atoms with van der Waals surface area (Å²) < 4.78 is 43.1. The second kappa shape index (κ2) is 6.85. The molecule has 6 nitrogen and oxygen atoms in total. The summed E-state index contributed by atoms with van der Waals surface area (Å²) in [6, 6.07) is 6.62. The van der Waals surface area contributed by atoms with Crippen molar-refractivity contribution in [3.8, 4) is 11.5 Å². The number of nitrogens with zero attached hydrogens (tertiary/aromatic N) is 1. The Morgan fingerprint density at radius 3 is 2.33 bits per heavy atom. The molecule has 24 heavy (non-hydrogen) atoms. The van der Waals surface area contributed by atoms with Gasteiger partial charge in [-0.05, 0) is 30.3 Å².